The van der Waals surface area contributed by atoms with Crippen LogP contribution in [0.5, 0.6) is 0 Å². The lowest BCUT2D eigenvalue weighted by molar-refractivity contribution is 0.482. The maximum Gasteiger partial charge on any atom is 0.294 e. The lowest BCUT2D eigenvalue weighted by atomic mass is 10.2. The SMILES string of the molecule is Cc1ccc(Cl)cc1S(=O)(=O)O.c1ccc(Nc2ccccc2)cc1. The average molecular weight is 376 g/mol. The van der Waals surface area contributed by atoms with Crippen LogP contribution in [0.4, 0.5) is 11.4 Å². The molecule has 0 aliphatic carbocycles. The highest BCUT2D eigenvalue weighted by atomic mass is 35.5. The van der Waals surface area contributed by atoms with Gasteiger partial charge in [-0.3, -0.25) is 4.55 Å². The van der Waals surface area contributed by atoms with Gasteiger partial charge < -0.3 is 5.32 Å². The van der Waals surface area contributed by atoms with Crippen molar-refractivity contribution < 1.29 is 13.0 Å². The largest absolute Gasteiger partial charge is 0.356 e. The third-order valence-electron chi connectivity index (χ3n) is 3.26. The fourth-order valence-electron chi connectivity index (χ4n) is 2.06. The first-order chi connectivity index (χ1) is 11.9. The summed E-state index contributed by atoms with van der Waals surface area (Å²) in [7, 11) is -4.14. The molecule has 0 amide bonds. The van der Waals surface area contributed by atoms with Crippen molar-refractivity contribution >= 4 is 33.1 Å². The Balaban J connectivity index is 0.000000181. The predicted molar refractivity (Wildman–Crippen MR) is 102 cm³/mol. The van der Waals surface area contributed by atoms with Gasteiger partial charge in [0.1, 0.15) is 0 Å². The molecule has 3 aromatic carbocycles. The summed E-state index contributed by atoms with van der Waals surface area (Å²) in [5.74, 6) is 0. The molecule has 0 saturated heterocycles. The number of anilines is 2. The first kappa shape index (κ1) is 19.0. The van der Waals surface area contributed by atoms with Gasteiger partial charge in [-0.2, -0.15) is 8.42 Å². The van der Waals surface area contributed by atoms with E-state index in [1.54, 1.807) is 13.0 Å². The minimum absolute atomic E-state index is 0.144. The quantitative estimate of drug-likeness (QED) is 0.607. The van der Waals surface area contributed by atoms with E-state index in [1.165, 1.54) is 12.1 Å². The maximum atomic E-state index is 10.7. The van der Waals surface area contributed by atoms with Crippen molar-refractivity contribution in [1.29, 1.82) is 0 Å². The van der Waals surface area contributed by atoms with E-state index < -0.39 is 10.1 Å². The van der Waals surface area contributed by atoms with Crippen LogP contribution in [0.3, 0.4) is 0 Å². The van der Waals surface area contributed by atoms with Crippen LogP contribution in [-0.2, 0) is 10.1 Å². The third-order valence-corrected chi connectivity index (χ3v) is 4.50. The second-order valence-corrected chi connectivity index (χ2v) is 7.07. The summed E-state index contributed by atoms with van der Waals surface area (Å²) in [6.07, 6.45) is 0. The van der Waals surface area contributed by atoms with Crippen LogP contribution in [-0.4, -0.2) is 13.0 Å². The van der Waals surface area contributed by atoms with Gasteiger partial charge in [0.15, 0.2) is 0 Å². The molecule has 0 bridgehead atoms. The van der Waals surface area contributed by atoms with Gasteiger partial charge in [-0.25, -0.2) is 0 Å². The number of rotatable bonds is 3. The molecule has 0 aromatic heterocycles. The van der Waals surface area contributed by atoms with Gasteiger partial charge in [-0.15, -0.1) is 0 Å². The third kappa shape index (κ3) is 6.23. The van der Waals surface area contributed by atoms with E-state index in [-0.39, 0.29) is 9.92 Å². The summed E-state index contributed by atoms with van der Waals surface area (Å²) in [6.45, 7) is 1.58. The highest BCUT2D eigenvalue weighted by Gasteiger charge is 2.12. The van der Waals surface area contributed by atoms with Crippen molar-refractivity contribution in [3.63, 3.8) is 0 Å². The van der Waals surface area contributed by atoms with Gasteiger partial charge in [0.25, 0.3) is 10.1 Å². The van der Waals surface area contributed by atoms with Crippen molar-refractivity contribution in [2.45, 2.75) is 11.8 Å². The van der Waals surface area contributed by atoms with Gasteiger partial charge in [0.2, 0.25) is 0 Å². The molecule has 3 aromatic rings. The molecular formula is C19H18ClNO3S. The number of para-hydroxylation sites is 2. The molecule has 0 unspecified atom stereocenters. The Kier molecular flexibility index (Phi) is 6.58. The number of hydrogen-bond donors (Lipinski definition) is 2. The van der Waals surface area contributed by atoms with Gasteiger partial charge in [0.05, 0.1) is 4.90 Å². The minimum atomic E-state index is -4.14. The number of benzene rings is 3. The summed E-state index contributed by atoms with van der Waals surface area (Å²) in [5.41, 5.74) is 2.71. The lowest BCUT2D eigenvalue weighted by Gasteiger charge is -2.04. The van der Waals surface area contributed by atoms with Crippen LogP contribution in [0.1, 0.15) is 5.56 Å². The molecule has 0 saturated carbocycles. The number of aryl methyl sites for hydroxylation is 1. The molecule has 6 heteroatoms. The summed E-state index contributed by atoms with van der Waals surface area (Å²) in [6, 6.07) is 24.6. The van der Waals surface area contributed by atoms with Crippen molar-refractivity contribution in [2.75, 3.05) is 5.32 Å². The zero-order chi connectivity index (χ0) is 18.3. The Morgan fingerprint density at radius 3 is 1.72 bits per heavy atom. The summed E-state index contributed by atoms with van der Waals surface area (Å²) in [5, 5.41) is 3.59. The zero-order valence-electron chi connectivity index (χ0n) is 13.6. The van der Waals surface area contributed by atoms with Crippen LogP contribution in [0.2, 0.25) is 5.02 Å². The Morgan fingerprint density at radius 1 is 0.840 bits per heavy atom. The smallest absolute Gasteiger partial charge is 0.294 e. The second-order valence-electron chi connectivity index (χ2n) is 5.24. The van der Waals surface area contributed by atoms with Crippen LogP contribution in [0.25, 0.3) is 0 Å². The van der Waals surface area contributed by atoms with Gasteiger partial charge in [-0.05, 0) is 48.9 Å². The number of halogens is 1. The summed E-state index contributed by atoms with van der Waals surface area (Å²) >= 11 is 5.55. The van der Waals surface area contributed by atoms with Crippen molar-refractivity contribution in [2.24, 2.45) is 0 Å². The molecule has 0 radical (unpaired) electrons. The molecule has 0 fully saturated rings. The Labute approximate surface area is 152 Å². The van der Waals surface area contributed by atoms with Gasteiger partial charge in [0, 0.05) is 16.4 Å². The summed E-state index contributed by atoms with van der Waals surface area (Å²) < 4.78 is 30.1. The zero-order valence-corrected chi connectivity index (χ0v) is 15.1. The van der Waals surface area contributed by atoms with E-state index in [0.29, 0.717) is 5.56 Å². The van der Waals surface area contributed by atoms with E-state index in [4.69, 9.17) is 16.2 Å². The molecule has 0 spiro atoms. The van der Waals surface area contributed by atoms with E-state index in [9.17, 15) is 8.42 Å². The normalized spacial score (nSPS) is 10.5. The molecule has 0 aliphatic heterocycles. The van der Waals surface area contributed by atoms with Crippen molar-refractivity contribution in [3.05, 3.63) is 89.4 Å². The van der Waals surface area contributed by atoms with E-state index >= 15 is 0 Å². The topological polar surface area (TPSA) is 66.4 Å². The first-order valence-electron chi connectivity index (χ1n) is 7.47. The van der Waals surface area contributed by atoms with Crippen LogP contribution in [0, 0.1) is 6.92 Å². The predicted octanol–water partition coefficient (Wildman–Crippen LogP) is 5.33. The monoisotopic (exact) mass is 375 g/mol. The molecule has 2 N–H and O–H groups in total. The van der Waals surface area contributed by atoms with Crippen molar-refractivity contribution in [3.8, 4) is 0 Å². The molecule has 0 heterocycles. The Morgan fingerprint density at radius 2 is 1.32 bits per heavy atom. The van der Waals surface area contributed by atoms with E-state index in [2.05, 4.69) is 5.32 Å². The molecule has 0 aliphatic rings. The fraction of sp³-hybridized carbons (Fsp3) is 0.0526. The maximum absolute atomic E-state index is 10.7. The highest BCUT2D eigenvalue weighted by molar-refractivity contribution is 7.85. The van der Waals surface area contributed by atoms with Crippen LogP contribution >= 0.6 is 11.6 Å². The van der Waals surface area contributed by atoms with Crippen molar-refractivity contribution in [1.82, 2.24) is 0 Å². The van der Waals surface area contributed by atoms with Gasteiger partial charge in [-0.1, -0.05) is 54.1 Å². The Bertz CT molecular complexity index is 876. The number of nitrogens with one attached hydrogen (secondary N) is 1. The molecule has 130 valence electrons. The van der Waals surface area contributed by atoms with Crippen LogP contribution in [0.15, 0.2) is 83.8 Å². The fourth-order valence-corrected chi connectivity index (χ4v) is 3.05. The highest BCUT2D eigenvalue weighted by Crippen LogP contribution is 2.19. The van der Waals surface area contributed by atoms with E-state index in [0.717, 1.165) is 11.4 Å². The molecule has 0 atom stereocenters. The Hall–Kier alpha value is -2.34. The standard InChI is InChI=1S/C12H11N.C7H7ClO3S/c1-3-7-11(8-4-1)13-12-9-5-2-6-10-12;1-5-2-3-6(8)4-7(5)12(9,10)11/h1-10,13H;2-4H,1H3,(H,9,10,11). The lowest BCUT2D eigenvalue weighted by Crippen LogP contribution is -2.00. The molecule has 25 heavy (non-hydrogen) atoms. The average Bonchev–Trinajstić information content (AvgIpc) is 2.59. The molecule has 4 nitrogen and oxygen atoms in total. The van der Waals surface area contributed by atoms with Crippen LogP contribution < -0.4 is 5.32 Å². The van der Waals surface area contributed by atoms with Gasteiger partial charge >= 0.3 is 0 Å². The summed E-state index contributed by atoms with van der Waals surface area (Å²) in [4.78, 5) is -0.144. The first-order valence-corrected chi connectivity index (χ1v) is 9.29. The minimum Gasteiger partial charge on any atom is -0.356 e. The second kappa shape index (κ2) is 8.67. The van der Waals surface area contributed by atoms with E-state index in [1.807, 2.05) is 60.7 Å². The molecule has 3 rings (SSSR count). The molecular weight excluding hydrogens is 358 g/mol. The number of hydrogen-bond acceptors (Lipinski definition) is 3.